The molecule has 0 spiro atoms. The van der Waals surface area contributed by atoms with E-state index < -0.39 is 5.82 Å². The Labute approximate surface area is 219 Å². The molecule has 3 aromatic carbocycles. The molecule has 10 heteroatoms. The van der Waals surface area contributed by atoms with Crippen LogP contribution in [0, 0.1) is 5.82 Å². The van der Waals surface area contributed by atoms with Crippen molar-refractivity contribution in [2.75, 3.05) is 57.0 Å². The molecule has 0 atom stereocenters. The van der Waals surface area contributed by atoms with Gasteiger partial charge < -0.3 is 25.5 Å². The van der Waals surface area contributed by atoms with Crippen molar-refractivity contribution in [2.45, 2.75) is 6.42 Å². The lowest BCUT2D eigenvalue weighted by Gasteiger charge is -2.29. The summed E-state index contributed by atoms with van der Waals surface area (Å²) >= 11 is 6.73. The number of hydrogen-bond donors (Lipinski definition) is 3. The fourth-order valence-electron chi connectivity index (χ4n) is 4.63. The number of amides is 1. The van der Waals surface area contributed by atoms with Crippen molar-refractivity contribution in [1.82, 2.24) is 20.2 Å². The fraction of sp³-hybridized carbons (Fsp3) is 0.296. The Hall–Kier alpha value is -3.69. The van der Waals surface area contributed by atoms with Crippen LogP contribution in [-0.4, -0.2) is 72.7 Å². The summed E-state index contributed by atoms with van der Waals surface area (Å²) in [6.45, 7) is 3.25. The summed E-state index contributed by atoms with van der Waals surface area (Å²) in [7, 11) is 3.40. The summed E-state index contributed by atoms with van der Waals surface area (Å²) in [5, 5.41) is 19.0. The summed E-state index contributed by atoms with van der Waals surface area (Å²) < 4.78 is 16.4. The Morgan fingerprint density at radius 3 is 2.68 bits per heavy atom. The first-order chi connectivity index (χ1) is 17.8. The molecule has 37 heavy (non-hydrogen) atoms. The van der Waals surface area contributed by atoms with Gasteiger partial charge in [-0.2, -0.15) is 4.98 Å². The summed E-state index contributed by atoms with van der Waals surface area (Å²) in [5.74, 6) is 0.207. The molecule has 3 N–H and O–H groups in total. The Kier molecular flexibility index (Phi) is 6.99. The molecule has 0 radical (unpaired) electrons. The molecule has 1 aromatic heterocycles. The van der Waals surface area contributed by atoms with Gasteiger partial charge in [-0.05, 0) is 34.5 Å². The third-order valence-corrected chi connectivity index (χ3v) is 6.81. The van der Waals surface area contributed by atoms with Crippen LogP contribution in [0.25, 0.3) is 32.8 Å². The number of rotatable bonds is 6. The molecule has 5 rings (SSSR count). The van der Waals surface area contributed by atoms with Crippen LogP contribution in [0.2, 0.25) is 5.02 Å². The third kappa shape index (κ3) is 4.97. The average molecular weight is 523 g/mol. The molecular weight excluding hydrogens is 495 g/mol. The van der Waals surface area contributed by atoms with Gasteiger partial charge in [0, 0.05) is 64.2 Å². The van der Waals surface area contributed by atoms with Crippen molar-refractivity contribution >= 4 is 50.9 Å². The number of carbonyl (C=O) groups is 1. The molecule has 192 valence electrons. The van der Waals surface area contributed by atoms with Crippen molar-refractivity contribution in [3.63, 3.8) is 0 Å². The average Bonchev–Trinajstić information content (AvgIpc) is 2.89. The normalized spacial score (nSPS) is 13.8. The number of nitrogens with one attached hydrogen (secondary N) is 2. The molecule has 2 heterocycles. The van der Waals surface area contributed by atoms with Crippen LogP contribution in [0.5, 0.6) is 5.75 Å². The maximum atomic E-state index is 16.4. The second kappa shape index (κ2) is 10.4. The van der Waals surface area contributed by atoms with Crippen LogP contribution in [0.15, 0.2) is 42.5 Å². The van der Waals surface area contributed by atoms with Crippen LogP contribution in [0.1, 0.15) is 6.42 Å². The largest absolute Gasteiger partial charge is 0.508 e. The van der Waals surface area contributed by atoms with Crippen molar-refractivity contribution in [3.05, 3.63) is 53.3 Å². The Morgan fingerprint density at radius 2 is 1.92 bits per heavy atom. The molecule has 1 aliphatic rings. The molecule has 4 aromatic rings. The smallest absolute Gasteiger partial charge is 0.225 e. The molecular formula is C27H28ClFN6O2. The summed E-state index contributed by atoms with van der Waals surface area (Å²) in [6, 6.07) is 12.3. The maximum absolute atomic E-state index is 16.4. The summed E-state index contributed by atoms with van der Waals surface area (Å²) in [6.07, 6.45) is 0.251. The fourth-order valence-corrected chi connectivity index (χ4v) is 4.92. The maximum Gasteiger partial charge on any atom is 0.225 e. The predicted molar refractivity (Wildman–Crippen MR) is 146 cm³/mol. The zero-order valence-electron chi connectivity index (χ0n) is 20.7. The number of hydrogen-bond acceptors (Lipinski definition) is 7. The van der Waals surface area contributed by atoms with E-state index in [2.05, 4.69) is 20.5 Å². The highest BCUT2D eigenvalue weighted by Gasteiger charge is 2.24. The first-order valence-corrected chi connectivity index (χ1v) is 12.5. The SMILES string of the molecule is CN(C)C(=O)CCNc1nc(N2CCNCC2)c2cc(Cl)c(-c3cc(O)cc4ccccc34)c(F)c2n1. The predicted octanol–water partition coefficient (Wildman–Crippen LogP) is 4.25. The van der Waals surface area contributed by atoms with Gasteiger partial charge in [0.2, 0.25) is 11.9 Å². The van der Waals surface area contributed by atoms with Crippen molar-refractivity contribution < 1.29 is 14.3 Å². The van der Waals surface area contributed by atoms with Crippen LogP contribution in [0.3, 0.4) is 0 Å². The summed E-state index contributed by atoms with van der Waals surface area (Å²) in [5.41, 5.74) is 0.769. The molecule has 1 saturated heterocycles. The van der Waals surface area contributed by atoms with Gasteiger partial charge in [0.05, 0.1) is 5.02 Å². The van der Waals surface area contributed by atoms with Crippen LogP contribution in [-0.2, 0) is 4.79 Å². The number of phenols is 1. The number of fused-ring (bicyclic) bond motifs is 2. The van der Waals surface area contributed by atoms with Gasteiger partial charge in [0.25, 0.3) is 0 Å². The van der Waals surface area contributed by atoms with Gasteiger partial charge in [-0.3, -0.25) is 4.79 Å². The van der Waals surface area contributed by atoms with Crippen molar-refractivity contribution in [3.8, 4) is 16.9 Å². The molecule has 1 fully saturated rings. The van der Waals surface area contributed by atoms with Crippen LogP contribution < -0.4 is 15.5 Å². The molecule has 8 nitrogen and oxygen atoms in total. The quantitative estimate of drug-likeness (QED) is 0.348. The number of phenolic OH excluding ortho intramolecular Hbond substituents is 1. The van der Waals surface area contributed by atoms with Gasteiger partial charge in [-0.25, -0.2) is 9.37 Å². The number of carbonyl (C=O) groups excluding carboxylic acids is 1. The zero-order chi connectivity index (χ0) is 26.1. The van der Waals surface area contributed by atoms with Gasteiger partial charge >= 0.3 is 0 Å². The first kappa shape index (κ1) is 25.0. The van der Waals surface area contributed by atoms with E-state index in [1.165, 1.54) is 11.0 Å². The Morgan fingerprint density at radius 1 is 1.16 bits per heavy atom. The number of aromatic hydroxyl groups is 1. The molecule has 1 amide bonds. The Bertz CT molecular complexity index is 1490. The zero-order valence-corrected chi connectivity index (χ0v) is 21.4. The topological polar surface area (TPSA) is 93.6 Å². The van der Waals surface area contributed by atoms with E-state index in [0.717, 1.165) is 23.9 Å². The van der Waals surface area contributed by atoms with Gasteiger partial charge in [-0.1, -0.05) is 35.9 Å². The third-order valence-electron chi connectivity index (χ3n) is 6.52. The lowest BCUT2D eigenvalue weighted by Crippen LogP contribution is -2.44. The number of piperazine rings is 1. The molecule has 0 unspecified atom stereocenters. The number of halogens is 2. The van der Waals surface area contributed by atoms with Crippen LogP contribution in [0.4, 0.5) is 16.2 Å². The van der Waals surface area contributed by atoms with Gasteiger partial charge in [0.15, 0.2) is 5.82 Å². The van der Waals surface area contributed by atoms with Gasteiger partial charge in [0.1, 0.15) is 17.1 Å². The van der Waals surface area contributed by atoms with E-state index in [4.69, 9.17) is 16.6 Å². The number of anilines is 2. The van der Waals surface area contributed by atoms with Crippen molar-refractivity contribution in [2.24, 2.45) is 0 Å². The standard InChI is InChI=1S/C27H28ClFN6O2/c1-34(2)22(37)7-8-31-27-32-25-20(26(33-27)35-11-9-30-10-12-35)15-21(28)23(24(25)29)19-14-17(36)13-16-5-3-4-6-18(16)19/h3-6,13-15,30,36H,7-12H2,1-2H3,(H,31,32,33). The molecule has 1 aliphatic heterocycles. The highest BCUT2D eigenvalue weighted by atomic mass is 35.5. The summed E-state index contributed by atoms with van der Waals surface area (Å²) in [4.78, 5) is 24.8. The second-order valence-corrected chi connectivity index (χ2v) is 9.64. The van der Waals surface area contributed by atoms with E-state index in [1.807, 2.05) is 24.3 Å². The minimum Gasteiger partial charge on any atom is -0.508 e. The van der Waals surface area contributed by atoms with Crippen molar-refractivity contribution in [1.29, 1.82) is 0 Å². The highest BCUT2D eigenvalue weighted by molar-refractivity contribution is 6.35. The highest BCUT2D eigenvalue weighted by Crippen LogP contribution is 2.42. The van der Waals surface area contributed by atoms with E-state index in [1.54, 1.807) is 26.2 Å². The lowest BCUT2D eigenvalue weighted by molar-refractivity contribution is -0.128. The van der Waals surface area contributed by atoms with E-state index >= 15 is 4.39 Å². The van der Waals surface area contributed by atoms with Gasteiger partial charge in [-0.15, -0.1) is 0 Å². The lowest BCUT2D eigenvalue weighted by atomic mass is 9.96. The number of aromatic nitrogens is 2. The minimum absolute atomic E-state index is 0.0152. The number of nitrogens with zero attached hydrogens (tertiary/aromatic N) is 4. The van der Waals surface area contributed by atoms with E-state index in [-0.39, 0.29) is 40.1 Å². The molecule has 0 aliphatic carbocycles. The Balaban J connectivity index is 1.67. The van der Waals surface area contributed by atoms with E-state index in [9.17, 15) is 9.90 Å². The second-order valence-electron chi connectivity index (χ2n) is 9.23. The number of benzene rings is 3. The first-order valence-electron chi connectivity index (χ1n) is 12.1. The minimum atomic E-state index is -0.593. The van der Waals surface area contributed by atoms with Crippen LogP contribution >= 0.6 is 11.6 Å². The monoisotopic (exact) mass is 522 g/mol. The molecule has 0 saturated carbocycles. The van der Waals surface area contributed by atoms with E-state index in [0.29, 0.717) is 36.4 Å². The molecule has 0 bridgehead atoms.